The number of fused-ring (bicyclic) bond motifs is 1. The zero-order chi connectivity index (χ0) is 15.6. The van der Waals surface area contributed by atoms with Crippen LogP contribution in [0.25, 0.3) is 0 Å². The number of esters is 1. The van der Waals surface area contributed by atoms with Gasteiger partial charge in [-0.3, -0.25) is 14.4 Å². The van der Waals surface area contributed by atoms with Crippen LogP contribution in [0.1, 0.15) is 30.1 Å². The van der Waals surface area contributed by atoms with E-state index in [4.69, 9.17) is 4.74 Å². The fourth-order valence-electron chi connectivity index (χ4n) is 2.15. The van der Waals surface area contributed by atoms with E-state index >= 15 is 0 Å². The Morgan fingerprint density at radius 3 is 2.71 bits per heavy atom. The van der Waals surface area contributed by atoms with E-state index in [1.54, 1.807) is 32.2 Å². The standard InChI is InChI=1S/C15H17NO5/c1-9-15(19)16(2)11-8-10(4-6-13(11)21-9)12(17)5-7-14(18)20-3/h4,6,8-9H,5,7H2,1-3H3. The smallest absolute Gasteiger partial charge is 0.305 e. The zero-order valence-electron chi connectivity index (χ0n) is 12.2. The highest BCUT2D eigenvalue weighted by molar-refractivity contribution is 6.03. The van der Waals surface area contributed by atoms with Crippen LogP contribution in [-0.4, -0.2) is 37.9 Å². The maximum absolute atomic E-state index is 12.1. The van der Waals surface area contributed by atoms with Gasteiger partial charge in [0, 0.05) is 19.0 Å². The number of Topliss-reactive ketones (excluding diaryl/α,β-unsaturated/α-hetero) is 1. The molecule has 0 spiro atoms. The zero-order valence-corrected chi connectivity index (χ0v) is 12.2. The van der Waals surface area contributed by atoms with Gasteiger partial charge >= 0.3 is 5.97 Å². The second kappa shape index (κ2) is 5.95. The number of nitrogens with zero attached hydrogens (tertiary/aromatic N) is 1. The number of hydrogen-bond acceptors (Lipinski definition) is 5. The van der Waals surface area contributed by atoms with Crippen molar-refractivity contribution in [3.8, 4) is 5.75 Å². The SMILES string of the molecule is COC(=O)CCC(=O)c1ccc2c(c1)N(C)C(=O)C(C)O2. The van der Waals surface area contributed by atoms with Gasteiger partial charge in [-0.1, -0.05) is 0 Å². The van der Waals surface area contributed by atoms with Gasteiger partial charge in [-0.2, -0.15) is 0 Å². The monoisotopic (exact) mass is 291 g/mol. The third-order valence-electron chi connectivity index (χ3n) is 3.41. The summed E-state index contributed by atoms with van der Waals surface area (Å²) in [7, 11) is 2.92. The van der Waals surface area contributed by atoms with Crippen molar-refractivity contribution in [1.29, 1.82) is 0 Å². The number of ketones is 1. The van der Waals surface area contributed by atoms with Gasteiger partial charge in [-0.25, -0.2) is 0 Å². The van der Waals surface area contributed by atoms with Gasteiger partial charge in [0.25, 0.3) is 5.91 Å². The lowest BCUT2D eigenvalue weighted by Gasteiger charge is -2.30. The van der Waals surface area contributed by atoms with Crippen LogP contribution in [0.3, 0.4) is 0 Å². The van der Waals surface area contributed by atoms with Gasteiger partial charge < -0.3 is 14.4 Å². The Labute approximate surface area is 122 Å². The molecule has 0 saturated heterocycles. The van der Waals surface area contributed by atoms with Crippen molar-refractivity contribution in [2.45, 2.75) is 25.9 Å². The molecule has 2 rings (SSSR count). The highest BCUT2D eigenvalue weighted by Gasteiger charge is 2.29. The Kier molecular flexibility index (Phi) is 4.26. The maximum Gasteiger partial charge on any atom is 0.305 e. The summed E-state index contributed by atoms with van der Waals surface area (Å²) in [5, 5.41) is 0. The average molecular weight is 291 g/mol. The maximum atomic E-state index is 12.1. The molecule has 6 heteroatoms. The molecule has 1 unspecified atom stereocenters. The number of rotatable bonds is 4. The molecule has 1 atom stereocenters. The predicted octanol–water partition coefficient (Wildman–Crippen LogP) is 1.57. The van der Waals surface area contributed by atoms with Crippen molar-refractivity contribution < 1.29 is 23.9 Å². The van der Waals surface area contributed by atoms with E-state index in [0.717, 1.165) is 0 Å². The van der Waals surface area contributed by atoms with Crippen LogP contribution in [-0.2, 0) is 14.3 Å². The molecule has 0 saturated carbocycles. The first-order valence-electron chi connectivity index (χ1n) is 6.62. The number of ether oxygens (including phenoxy) is 2. The fourth-order valence-corrected chi connectivity index (χ4v) is 2.15. The van der Waals surface area contributed by atoms with Crippen LogP contribution in [0.5, 0.6) is 5.75 Å². The van der Waals surface area contributed by atoms with E-state index in [1.165, 1.54) is 12.0 Å². The highest BCUT2D eigenvalue weighted by atomic mass is 16.5. The van der Waals surface area contributed by atoms with Crippen molar-refractivity contribution in [1.82, 2.24) is 0 Å². The first kappa shape index (κ1) is 15.0. The van der Waals surface area contributed by atoms with Gasteiger partial charge in [0.05, 0.1) is 19.2 Å². The summed E-state index contributed by atoms with van der Waals surface area (Å²) in [5.41, 5.74) is 0.998. The molecule has 21 heavy (non-hydrogen) atoms. The van der Waals surface area contributed by atoms with E-state index in [0.29, 0.717) is 17.0 Å². The van der Waals surface area contributed by atoms with Crippen LogP contribution >= 0.6 is 0 Å². The molecule has 0 aliphatic carbocycles. The molecule has 0 N–H and O–H groups in total. The van der Waals surface area contributed by atoms with Gasteiger partial charge in [-0.05, 0) is 25.1 Å². The van der Waals surface area contributed by atoms with Crippen LogP contribution in [0.4, 0.5) is 5.69 Å². The lowest BCUT2D eigenvalue weighted by atomic mass is 10.0. The number of methoxy groups -OCH3 is 1. The molecule has 1 aromatic rings. The van der Waals surface area contributed by atoms with E-state index in [2.05, 4.69) is 4.74 Å². The van der Waals surface area contributed by atoms with Crippen molar-refractivity contribution in [3.63, 3.8) is 0 Å². The van der Waals surface area contributed by atoms with Crippen molar-refractivity contribution >= 4 is 23.3 Å². The topological polar surface area (TPSA) is 72.9 Å². The highest BCUT2D eigenvalue weighted by Crippen LogP contribution is 2.34. The van der Waals surface area contributed by atoms with Crippen molar-refractivity contribution in [2.24, 2.45) is 0 Å². The molecule has 1 amide bonds. The summed E-state index contributed by atoms with van der Waals surface area (Å²) in [6.45, 7) is 1.68. The van der Waals surface area contributed by atoms with Crippen LogP contribution < -0.4 is 9.64 Å². The largest absolute Gasteiger partial charge is 0.479 e. The second-order valence-corrected chi connectivity index (χ2v) is 4.84. The Morgan fingerprint density at radius 1 is 1.33 bits per heavy atom. The summed E-state index contributed by atoms with van der Waals surface area (Å²) in [4.78, 5) is 36.5. The average Bonchev–Trinajstić information content (AvgIpc) is 2.49. The Bertz CT molecular complexity index is 596. The third kappa shape index (κ3) is 3.04. The minimum absolute atomic E-state index is 0.0364. The predicted molar refractivity (Wildman–Crippen MR) is 75.5 cm³/mol. The van der Waals surface area contributed by atoms with Gasteiger partial charge in [0.15, 0.2) is 11.9 Å². The summed E-state index contributed by atoms with van der Waals surface area (Å²) in [6, 6.07) is 4.91. The number of benzene rings is 1. The van der Waals surface area contributed by atoms with Crippen molar-refractivity contribution in [2.75, 3.05) is 19.1 Å². The van der Waals surface area contributed by atoms with Crippen LogP contribution in [0.15, 0.2) is 18.2 Å². The molecule has 112 valence electrons. The van der Waals surface area contributed by atoms with Gasteiger partial charge in [-0.15, -0.1) is 0 Å². The third-order valence-corrected chi connectivity index (χ3v) is 3.41. The van der Waals surface area contributed by atoms with Crippen LogP contribution in [0, 0.1) is 0 Å². The first-order chi connectivity index (χ1) is 9.93. The van der Waals surface area contributed by atoms with Gasteiger partial charge in [0.1, 0.15) is 5.75 Å². The molecule has 0 bridgehead atoms. The number of carbonyl (C=O) groups is 3. The molecular weight excluding hydrogens is 274 g/mol. The molecular formula is C15H17NO5. The number of carbonyl (C=O) groups excluding carboxylic acids is 3. The Balaban J connectivity index is 2.19. The first-order valence-corrected chi connectivity index (χ1v) is 6.62. The summed E-state index contributed by atoms with van der Waals surface area (Å²) in [6.07, 6.45) is -0.432. The number of anilines is 1. The molecule has 6 nitrogen and oxygen atoms in total. The Morgan fingerprint density at radius 2 is 2.05 bits per heavy atom. The minimum atomic E-state index is -0.539. The van der Waals surface area contributed by atoms with Crippen molar-refractivity contribution in [3.05, 3.63) is 23.8 Å². The number of hydrogen-bond donors (Lipinski definition) is 0. The summed E-state index contributed by atoms with van der Waals surface area (Å²) in [5.74, 6) is -0.204. The summed E-state index contributed by atoms with van der Waals surface area (Å²) < 4.78 is 9.99. The van der Waals surface area contributed by atoms with E-state index in [1.807, 2.05) is 0 Å². The number of likely N-dealkylation sites (N-methyl/N-ethyl adjacent to an activating group) is 1. The lowest BCUT2D eigenvalue weighted by Crippen LogP contribution is -2.42. The van der Waals surface area contributed by atoms with Crippen LogP contribution in [0.2, 0.25) is 0 Å². The molecule has 0 fully saturated rings. The summed E-state index contributed by atoms with van der Waals surface area (Å²) >= 11 is 0. The second-order valence-electron chi connectivity index (χ2n) is 4.84. The fraction of sp³-hybridized carbons (Fsp3) is 0.400. The minimum Gasteiger partial charge on any atom is -0.479 e. The Hall–Kier alpha value is -2.37. The number of amides is 1. The van der Waals surface area contributed by atoms with E-state index in [-0.39, 0.29) is 24.5 Å². The molecule has 0 aromatic heterocycles. The molecule has 1 aromatic carbocycles. The quantitative estimate of drug-likeness (QED) is 0.622. The normalized spacial score (nSPS) is 17.0. The molecule has 0 radical (unpaired) electrons. The molecule has 1 aliphatic heterocycles. The van der Waals surface area contributed by atoms with E-state index in [9.17, 15) is 14.4 Å². The van der Waals surface area contributed by atoms with E-state index < -0.39 is 12.1 Å². The van der Waals surface area contributed by atoms with Gasteiger partial charge in [0.2, 0.25) is 0 Å². The molecule has 1 aliphatic rings. The molecule has 1 heterocycles. The lowest BCUT2D eigenvalue weighted by molar-refractivity contribution is -0.140.